The number of hydrogen-bond donors (Lipinski definition) is 3. The molecule has 0 aliphatic heterocycles. The maximum atomic E-state index is 9.61. The minimum Gasteiger partial charge on any atom is -0.394 e. The van der Waals surface area contributed by atoms with Crippen LogP contribution < -0.4 is 0 Å². The van der Waals surface area contributed by atoms with Crippen molar-refractivity contribution in [1.82, 2.24) is 4.98 Å². The first kappa shape index (κ1) is 11.1. The third-order valence-corrected chi connectivity index (χ3v) is 2.14. The Morgan fingerprint density at radius 3 is 2.43 bits per heavy atom. The van der Waals surface area contributed by atoms with Gasteiger partial charge in [0.1, 0.15) is 12.2 Å². The van der Waals surface area contributed by atoms with Gasteiger partial charge in [-0.05, 0) is 19.9 Å². The summed E-state index contributed by atoms with van der Waals surface area (Å²) >= 11 is 0. The molecule has 0 spiro atoms. The van der Waals surface area contributed by atoms with Crippen LogP contribution in [0, 0.1) is 13.8 Å². The van der Waals surface area contributed by atoms with E-state index in [1.807, 2.05) is 6.92 Å². The normalized spacial score (nSPS) is 15.2. The number of aliphatic hydroxyl groups is 3. The molecule has 0 saturated heterocycles. The SMILES string of the molecule is Cc1ccc(C(O)C(O)CO)c(C)n1. The minimum absolute atomic E-state index is 0.464. The van der Waals surface area contributed by atoms with Crippen LogP contribution in [-0.2, 0) is 0 Å². The average molecular weight is 197 g/mol. The van der Waals surface area contributed by atoms with Crippen LogP contribution in [0.15, 0.2) is 12.1 Å². The Balaban J connectivity index is 2.95. The topological polar surface area (TPSA) is 73.6 Å². The molecule has 0 aromatic carbocycles. The molecule has 0 saturated carbocycles. The third kappa shape index (κ3) is 2.29. The van der Waals surface area contributed by atoms with Crippen LogP contribution in [0.5, 0.6) is 0 Å². The molecule has 1 heterocycles. The lowest BCUT2D eigenvalue weighted by atomic mass is 10.0. The Hall–Kier alpha value is -0.970. The van der Waals surface area contributed by atoms with Gasteiger partial charge in [-0.3, -0.25) is 4.98 Å². The molecule has 0 amide bonds. The molecule has 4 heteroatoms. The Kier molecular flexibility index (Phi) is 3.57. The molecule has 14 heavy (non-hydrogen) atoms. The molecule has 0 aliphatic rings. The summed E-state index contributed by atoms with van der Waals surface area (Å²) in [4.78, 5) is 4.16. The van der Waals surface area contributed by atoms with E-state index >= 15 is 0 Å². The molecule has 0 aliphatic carbocycles. The van der Waals surface area contributed by atoms with Crippen molar-refractivity contribution >= 4 is 0 Å². The molecule has 1 rings (SSSR count). The summed E-state index contributed by atoms with van der Waals surface area (Å²) in [5.41, 5.74) is 2.08. The highest BCUT2D eigenvalue weighted by atomic mass is 16.4. The molecule has 0 radical (unpaired) electrons. The van der Waals surface area contributed by atoms with E-state index in [1.165, 1.54) is 0 Å². The minimum atomic E-state index is -1.15. The van der Waals surface area contributed by atoms with Gasteiger partial charge in [-0.25, -0.2) is 0 Å². The van der Waals surface area contributed by atoms with Crippen LogP contribution in [0.2, 0.25) is 0 Å². The first-order chi connectivity index (χ1) is 6.56. The van der Waals surface area contributed by atoms with E-state index < -0.39 is 18.8 Å². The summed E-state index contributed by atoms with van der Waals surface area (Å²) in [6, 6.07) is 3.47. The first-order valence-corrected chi connectivity index (χ1v) is 4.47. The van der Waals surface area contributed by atoms with E-state index in [2.05, 4.69) is 4.98 Å². The molecule has 0 fully saturated rings. The second-order valence-corrected chi connectivity index (χ2v) is 3.32. The van der Waals surface area contributed by atoms with Crippen LogP contribution in [0.4, 0.5) is 0 Å². The summed E-state index contributed by atoms with van der Waals surface area (Å²) in [6.45, 7) is 3.15. The molecule has 1 aromatic heterocycles. The standard InChI is InChI=1S/C10H15NO3/c1-6-3-4-8(7(2)11-6)10(14)9(13)5-12/h3-4,9-10,12-14H,5H2,1-2H3. The van der Waals surface area contributed by atoms with Gasteiger partial charge in [-0.15, -0.1) is 0 Å². The molecule has 2 atom stereocenters. The lowest BCUT2D eigenvalue weighted by molar-refractivity contribution is -0.0157. The zero-order chi connectivity index (χ0) is 10.7. The van der Waals surface area contributed by atoms with Gasteiger partial charge >= 0.3 is 0 Å². The fourth-order valence-corrected chi connectivity index (χ4v) is 1.32. The van der Waals surface area contributed by atoms with Crippen LogP contribution in [0.25, 0.3) is 0 Å². The van der Waals surface area contributed by atoms with E-state index in [-0.39, 0.29) is 0 Å². The zero-order valence-electron chi connectivity index (χ0n) is 8.31. The van der Waals surface area contributed by atoms with Crippen molar-refractivity contribution in [3.05, 3.63) is 29.1 Å². The highest BCUT2D eigenvalue weighted by Crippen LogP contribution is 2.19. The number of pyridine rings is 1. The van der Waals surface area contributed by atoms with Gasteiger partial charge in [0.05, 0.1) is 6.61 Å². The van der Waals surface area contributed by atoms with Crippen molar-refractivity contribution in [2.24, 2.45) is 0 Å². The summed E-state index contributed by atoms with van der Waals surface area (Å²) in [6.07, 6.45) is -2.23. The highest BCUT2D eigenvalue weighted by molar-refractivity contribution is 5.24. The molecule has 2 unspecified atom stereocenters. The number of nitrogens with zero attached hydrogens (tertiary/aromatic N) is 1. The van der Waals surface area contributed by atoms with Crippen molar-refractivity contribution < 1.29 is 15.3 Å². The molecule has 78 valence electrons. The molecule has 3 N–H and O–H groups in total. The smallest absolute Gasteiger partial charge is 0.109 e. The van der Waals surface area contributed by atoms with Crippen LogP contribution in [-0.4, -0.2) is 33.0 Å². The Morgan fingerprint density at radius 2 is 1.93 bits per heavy atom. The van der Waals surface area contributed by atoms with Crippen molar-refractivity contribution in [1.29, 1.82) is 0 Å². The van der Waals surface area contributed by atoms with Gasteiger partial charge < -0.3 is 15.3 Å². The fraction of sp³-hybridized carbons (Fsp3) is 0.500. The molecule has 4 nitrogen and oxygen atoms in total. The summed E-state index contributed by atoms with van der Waals surface area (Å²) in [7, 11) is 0. The van der Waals surface area contributed by atoms with Crippen LogP contribution in [0.1, 0.15) is 23.1 Å². The first-order valence-electron chi connectivity index (χ1n) is 4.47. The lowest BCUT2D eigenvalue weighted by Gasteiger charge is -2.17. The summed E-state index contributed by atoms with van der Waals surface area (Å²) < 4.78 is 0. The molecular formula is C10H15NO3. The van der Waals surface area contributed by atoms with Crippen LogP contribution in [0.3, 0.4) is 0 Å². The molecule has 1 aromatic rings. The van der Waals surface area contributed by atoms with Gasteiger partial charge in [0.25, 0.3) is 0 Å². The van der Waals surface area contributed by atoms with E-state index in [1.54, 1.807) is 19.1 Å². The van der Waals surface area contributed by atoms with Gasteiger partial charge in [0.2, 0.25) is 0 Å². The maximum absolute atomic E-state index is 9.61. The Bertz CT molecular complexity index is 314. The lowest BCUT2D eigenvalue weighted by Crippen LogP contribution is -2.23. The van der Waals surface area contributed by atoms with E-state index in [0.717, 1.165) is 5.69 Å². The number of rotatable bonds is 3. The third-order valence-electron chi connectivity index (χ3n) is 2.14. The largest absolute Gasteiger partial charge is 0.394 e. The van der Waals surface area contributed by atoms with Crippen molar-refractivity contribution in [3.8, 4) is 0 Å². The highest BCUT2D eigenvalue weighted by Gasteiger charge is 2.19. The van der Waals surface area contributed by atoms with Gasteiger partial charge in [0, 0.05) is 17.0 Å². The summed E-state index contributed by atoms with van der Waals surface area (Å²) in [5.74, 6) is 0. The van der Waals surface area contributed by atoms with Crippen molar-refractivity contribution in [2.45, 2.75) is 26.1 Å². The molecule has 0 bridgehead atoms. The number of aromatic nitrogens is 1. The second kappa shape index (κ2) is 4.50. The number of aliphatic hydroxyl groups excluding tert-OH is 3. The van der Waals surface area contributed by atoms with Crippen molar-refractivity contribution in [3.63, 3.8) is 0 Å². The van der Waals surface area contributed by atoms with Gasteiger partial charge in [0.15, 0.2) is 0 Å². The molecular weight excluding hydrogens is 182 g/mol. The second-order valence-electron chi connectivity index (χ2n) is 3.32. The van der Waals surface area contributed by atoms with E-state index in [0.29, 0.717) is 11.3 Å². The van der Waals surface area contributed by atoms with Crippen molar-refractivity contribution in [2.75, 3.05) is 6.61 Å². The van der Waals surface area contributed by atoms with Gasteiger partial charge in [-0.2, -0.15) is 0 Å². The maximum Gasteiger partial charge on any atom is 0.109 e. The van der Waals surface area contributed by atoms with Gasteiger partial charge in [-0.1, -0.05) is 6.07 Å². The zero-order valence-corrected chi connectivity index (χ0v) is 8.31. The van der Waals surface area contributed by atoms with E-state index in [9.17, 15) is 10.2 Å². The number of aryl methyl sites for hydroxylation is 2. The fourth-order valence-electron chi connectivity index (χ4n) is 1.32. The Labute approximate surface area is 82.9 Å². The Morgan fingerprint density at radius 1 is 1.29 bits per heavy atom. The monoisotopic (exact) mass is 197 g/mol. The average Bonchev–Trinajstić information content (AvgIpc) is 2.15. The number of hydrogen-bond acceptors (Lipinski definition) is 4. The van der Waals surface area contributed by atoms with Crippen LogP contribution >= 0.6 is 0 Å². The predicted molar refractivity (Wildman–Crippen MR) is 51.8 cm³/mol. The summed E-state index contributed by atoms with van der Waals surface area (Å²) in [5, 5.41) is 27.5. The van der Waals surface area contributed by atoms with E-state index in [4.69, 9.17) is 5.11 Å². The predicted octanol–water partition coefficient (Wildman–Crippen LogP) is 0.0850. The quantitative estimate of drug-likeness (QED) is 0.642.